The molecule has 2 heterocycles. The maximum absolute atomic E-state index is 6.13. The van der Waals surface area contributed by atoms with Crippen LogP contribution in [0.4, 0.5) is 0 Å². The Morgan fingerprint density at radius 3 is 2.61 bits per heavy atom. The fourth-order valence-corrected chi connectivity index (χ4v) is 6.78. The molecule has 0 radical (unpaired) electrons. The smallest absolute Gasteiger partial charge is 0.0720 e. The van der Waals surface area contributed by atoms with Crippen LogP contribution >= 0.6 is 11.8 Å². The van der Waals surface area contributed by atoms with Gasteiger partial charge in [-0.3, -0.25) is 0 Å². The van der Waals surface area contributed by atoms with E-state index < -0.39 is 0 Å². The largest absolute Gasteiger partial charge is 0.374 e. The average Bonchev–Trinajstić information content (AvgIpc) is 3.44. The highest BCUT2D eigenvalue weighted by Crippen LogP contribution is 2.49. The number of allylic oxidation sites excluding steroid dienone is 5. The third kappa shape index (κ3) is 7.09. The van der Waals surface area contributed by atoms with E-state index in [0.717, 1.165) is 11.5 Å². The van der Waals surface area contributed by atoms with Crippen LogP contribution in [-0.4, -0.2) is 43.0 Å². The summed E-state index contributed by atoms with van der Waals surface area (Å²) in [5.74, 6) is 2.07. The second-order valence-corrected chi connectivity index (χ2v) is 10.4. The van der Waals surface area contributed by atoms with Crippen molar-refractivity contribution >= 4 is 11.8 Å². The van der Waals surface area contributed by atoms with Crippen LogP contribution in [0.15, 0.2) is 90.9 Å². The van der Waals surface area contributed by atoms with Crippen LogP contribution in [-0.2, 0) is 10.2 Å². The highest BCUT2D eigenvalue weighted by Gasteiger charge is 2.42. The maximum atomic E-state index is 6.13. The van der Waals surface area contributed by atoms with E-state index in [0.29, 0.717) is 18.1 Å². The molecule has 2 fully saturated rings. The number of fused-ring (bicyclic) bond motifs is 2. The van der Waals surface area contributed by atoms with Crippen LogP contribution in [0.2, 0.25) is 0 Å². The molecule has 4 rings (SSSR count). The van der Waals surface area contributed by atoms with Gasteiger partial charge in [-0.25, -0.2) is 0 Å². The second kappa shape index (κ2) is 13.2. The number of hydrogen-bond donors (Lipinski definition) is 0. The van der Waals surface area contributed by atoms with E-state index >= 15 is 0 Å². The quantitative estimate of drug-likeness (QED) is 0.374. The van der Waals surface area contributed by atoms with Crippen LogP contribution in [0.3, 0.4) is 0 Å². The first-order valence-corrected chi connectivity index (χ1v) is 13.4. The van der Waals surface area contributed by atoms with Gasteiger partial charge in [-0.2, -0.15) is 0 Å². The minimum absolute atomic E-state index is 0.410. The first kappa shape index (κ1) is 25.8. The monoisotopic (exact) mass is 463 g/mol. The molecule has 0 N–H and O–H groups in total. The molecular weight excluding hydrogens is 422 g/mol. The third-order valence-corrected chi connectivity index (χ3v) is 8.56. The van der Waals surface area contributed by atoms with Crippen molar-refractivity contribution in [3.63, 3.8) is 0 Å². The van der Waals surface area contributed by atoms with Crippen molar-refractivity contribution in [2.75, 3.05) is 32.0 Å². The van der Waals surface area contributed by atoms with Gasteiger partial charge in [0.05, 0.1) is 12.7 Å². The summed E-state index contributed by atoms with van der Waals surface area (Å²) in [7, 11) is 0. The Balaban J connectivity index is 0.000000555. The van der Waals surface area contributed by atoms with Crippen molar-refractivity contribution < 1.29 is 4.74 Å². The Morgan fingerprint density at radius 1 is 1.15 bits per heavy atom. The number of likely N-dealkylation sites (tertiary alicyclic amines) is 1. The summed E-state index contributed by atoms with van der Waals surface area (Å²) in [6.45, 7) is 17.5. The molecular formula is C30H41NOS. The lowest BCUT2D eigenvalue weighted by Crippen LogP contribution is -2.44. The van der Waals surface area contributed by atoms with E-state index in [1.54, 1.807) is 11.6 Å². The van der Waals surface area contributed by atoms with Gasteiger partial charge < -0.3 is 9.64 Å². The summed E-state index contributed by atoms with van der Waals surface area (Å²) in [5, 5.41) is 0. The maximum Gasteiger partial charge on any atom is 0.0720 e. The summed E-state index contributed by atoms with van der Waals surface area (Å²) in [6.07, 6.45) is 18.0. The van der Waals surface area contributed by atoms with E-state index in [1.807, 2.05) is 37.3 Å². The van der Waals surface area contributed by atoms with Gasteiger partial charge in [0.2, 0.25) is 0 Å². The lowest BCUT2D eigenvalue weighted by Gasteiger charge is -2.40. The molecule has 2 nitrogen and oxygen atoms in total. The molecule has 2 aliphatic heterocycles. The molecule has 1 aliphatic carbocycles. The van der Waals surface area contributed by atoms with Crippen molar-refractivity contribution in [2.45, 2.75) is 55.4 Å². The van der Waals surface area contributed by atoms with E-state index in [2.05, 4.69) is 60.7 Å². The van der Waals surface area contributed by atoms with Crippen molar-refractivity contribution in [1.82, 2.24) is 4.90 Å². The molecule has 2 atom stereocenters. The van der Waals surface area contributed by atoms with Crippen LogP contribution in [0.25, 0.3) is 0 Å². The second-order valence-electron chi connectivity index (χ2n) is 9.42. The fraction of sp³-hybridized carbons (Fsp3) is 0.467. The van der Waals surface area contributed by atoms with Crippen molar-refractivity contribution in [1.29, 1.82) is 0 Å². The highest BCUT2D eigenvalue weighted by atomic mass is 32.2. The van der Waals surface area contributed by atoms with Gasteiger partial charge in [-0.1, -0.05) is 74.4 Å². The Labute approximate surface area is 206 Å². The van der Waals surface area contributed by atoms with Gasteiger partial charge in [-0.05, 0) is 75.2 Å². The van der Waals surface area contributed by atoms with Crippen molar-refractivity contribution in [2.24, 2.45) is 5.92 Å². The molecule has 1 saturated heterocycles. The molecule has 178 valence electrons. The minimum Gasteiger partial charge on any atom is -0.374 e. The number of thioether (sulfide) groups is 1. The molecule has 33 heavy (non-hydrogen) atoms. The summed E-state index contributed by atoms with van der Waals surface area (Å²) in [5.41, 5.74) is 3.19. The Morgan fingerprint density at radius 2 is 1.94 bits per heavy atom. The van der Waals surface area contributed by atoms with Gasteiger partial charge >= 0.3 is 0 Å². The first-order chi connectivity index (χ1) is 16.1. The van der Waals surface area contributed by atoms with Crippen molar-refractivity contribution in [3.05, 3.63) is 91.6 Å². The topological polar surface area (TPSA) is 12.5 Å². The summed E-state index contributed by atoms with van der Waals surface area (Å²) in [6, 6.07) is 9.09. The predicted molar refractivity (Wildman–Crippen MR) is 145 cm³/mol. The van der Waals surface area contributed by atoms with E-state index in [4.69, 9.17) is 4.74 Å². The minimum atomic E-state index is 0.410. The van der Waals surface area contributed by atoms with E-state index in [9.17, 15) is 0 Å². The van der Waals surface area contributed by atoms with Crippen LogP contribution in [0.5, 0.6) is 0 Å². The van der Waals surface area contributed by atoms with Crippen LogP contribution in [0, 0.1) is 5.92 Å². The Bertz CT molecular complexity index is 847. The van der Waals surface area contributed by atoms with Crippen LogP contribution in [0.1, 0.15) is 44.6 Å². The molecule has 3 aliphatic rings. The van der Waals surface area contributed by atoms with E-state index in [-0.39, 0.29) is 0 Å². The van der Waals surface area contributed by atoms with Gasteiger partial charge in [0.15, 0.2) is 0 Å². The zero-order chi connectivity index (χ0) is 23.5. The molecule has 1 aromatic rings. The third-order valence-electron chi connectivity index (χ3n) is 7.19. The zero-order valence-electron chi connectivity index (χ0n) is 20.4. The molecule has 2 unspecified atom stereocenters. The molecule has 1 saturated carbocycles. The predicted octanol–water partition coefficient (Wildman–Crippen LogP) is 7.36. The highest BCUT2D eigenvalue weighted by molar-refractivity contribution is 7.99. The molecule has 0 amide bonds. The molecule has 3 heteroatoms. The van der Waals surface area contributed by atoms with E-state index in [1.165, 1.54) is 62.4 Å². The SMILES string of the molecule is C=C/C=C(\C=C)COC1CCC(CN2CCC3(CC2)CSc2ccccc23)C1.C=C/C=C\C. The number of hydrogen-bond acceptors (Lipinski definition) is 3. The number of rotatable bonds is 8. The number of nitrogens with zero attached hydrogens (tertiary/aromatic N) is 1. The fourth-order valence-electron chi connectivity index (χ4n) is 5.29. The summed E-state index contributed by atoms with van der Waals surface area (Å²) in [4.78, 5) is 4.24. The molecule has 1 aromatic carbocycles. The van der Waals surface area contributed by atoms with Crippen LogP contribution < -0.4 is 0 Å². The zero-order valence-corrected chi connectivity index (χ0v) is 21.2. The van der Waals surface area contributed by atoms with Gasteiger partial charge in [-0.15, -0.1) is 11.8 Å². The molecule has 0 bridgehead atoms. The summed E-state index contributed by atoms with van der Waals surface area (Å²) >= 11 is 2.07. The standard InChI is InChI=1S/C25H33NOS.C5H8/c1-3-7-20(4-2)18-27-22-11-10-21(16-22)17-26-14-12-25(13-15-26)19-28-24-9-6-5-8-23(24)25;1-3-5-4-2/h3-9,21-22H,1-2,10-19H2;3-5H,1H2,2H3/b20-7+;5-4-. The van der Waals surface area contributed by atoms with Crippen molar-refractivity contribution in [3.8, 4) is 0 Å². The Hall–Kier alpha value is -1.81. The molecule has 0 aromatic heterocycles. The molecule has 1 spiro atoms. The average molecular weight is 464 g/mol. The number of benzene rings is 1. The summed E-state index contributed by atoms with van der Waals surface area (Å²) < 4.78 is 6.13. The van der Waals surface area contributed by atoms with Gasteiger partial charge in [0.25, 0.3) is 0 Å². The number of ether oxygens (including phenoxy) is 1. The normalized spacial score (nSPS) is 24.3. The lowest BCUT2D eigenvalue weighted by atomic mass is 9.74. The first-order valence-electron chi connectivity index (χ1n) is 12.4. The number of piperidine rings is 1. The van der Waals surface area contributed by atoms with Gasteiger partial charge in [0, 0.05) is 22.6 Å². The lowest BCUT2D eigenvalue weighted by molar-refractivity contribution is 0.0700. The Kier molecular flexibility index (Phi) is 10.3. The van der Waals surface area contributed by atoms with Gasteiger partial charge in [0.1, 0.15) is 0 Å².